The third kappa shape index (κ3) is 5.49. The Balaban J connectivity index is 1.87. The number of nitrogens with one attached hydrogen (secondary N) is 2. The number of thiocarbonyl (C=S) groups is 1. The molecule has 2 N–H and O–H groups in total. The van der Waals surface area contributed by atoms with Crippen LogP contribution in [-0.2, 0) is 11.2 Å². The molecule has 3 rings (SSSR count). The molecule has 0 amide bonds. The topological polar surface area (TPSA) is 68.8 Å². The third-order valence-corrected chi connectivity index (χ3v) is 6.41. The van der Waals surface area contributed by atoms with Gasteiger partial charge in [-0.05, 0) is 75.9 Å². The summed E-state index contributed by atoms with van der Waals surface area (Å²) < 4.78 is 16.4. The molecule has 1 aromatic heterocycles. The molecule has 1 unspecified atom stereocenters. The largest absolute Gasteiger partial charge is 0.493 e. The van der Waals surface area contributed by atoms with Crippen LogP contribution in [-0.4, -0.2) is 30.9 Å². The minimum Gasteiger partial charge on any atom is -0.493 e. The van der Waals surface area contributed by atoms with E-state index in [1.807, 2.05) is 32.9 Å². The van der Waals surface area contributed by atoms with Crippen molar-refractivity contribution in [2.75, 3.05) is 24.9 Å². The summed E-state index contributed by atoms with van der Waals surface area (Å²) in [6, 6.07) is 5.47. The fourth-order valence-corrected chi connectivity index (χ4v) is 5.35. The Morgan fingerprint density at radius 1 is 1.16 bits per heavy atom. The SMILES string of the molecule is COc1ccc(NC(=S)Nc2sc3c(c2C(=O)OC(C)(C)C)C(C)CCC3)cc1OC. The lowest BCUT2D eigenvalue weighted by Gasteiger charge is -2.23. The van der Waals surface area contributed by atoms with Gasteiger partial charge in [-0.2, -0.15) is 0 Å². The zero-order chi connectivity index (χ0) is 22.8. The number of ether oxygens (including phenoxy) is 3. The minimum atomic E-state index is -0.570. The molecule has 168 valence electrons. The number of hydrogen-bond donors (Lipinski definition) is 2. The highest BCUT2D eigenvalue weighted by atomic mass is 32.1. The van der Waals surface area contributed by atoms with Crippen molar-refractivity contribution in [2.24, 2.45) is 0 Å². The first-order valence-corrected chi connectivity index (χ1v) is 11.5. The standard InChI is InChI=1S/C23H30N2O4S2/c1-13-8-7-9-17-18(13)19(21(26)29-23(2,3)4)20(31-17)25-22(30)24-14-10-11-15(27-5)16(12-14)28-6/h10-13H,7-9H2,1-6H3,(H2,24,25,30). The van der Waals surface area contributed by atoms with E-state index in [9.17, 15) is 4.79 Å². The van der Waals surface area contributed by atoms with Gasteiger partial charge >= 0.3 is 5.97 Å². The molecule has 0 bridgehead atoms. The van der Waals surface area contributed by atoms with Crippen molar-refractivity contribution in [3.05, 3.63) is 34.2 Å². The number of aryl methyl sites for hydroxylation is 1. The van der Waals surface area contributed by atoms with Crippen LogP contribution >= 0.6 is 23.6 Å². The molecule has 1 atom stereocenters. The summed E-state index contributed by atoms with van der Waals surface area (Å²) in [5.74, 6) is 1.24. The summed E-state index contributed by atoms with van der Waals surface area (Å²) in [6.07, 6.45) is 3.15. The van der Waals surface area contributed by atoms with Crippen LogP contribution in [0.1, 0.15) is 67.3 Å². The van der Waals surface area contributed by atoms with E-state index in [2.05, 4.69) is 17.6 Å². The van der Waals surface area contributed by atoms with Gasteiger partial charge in [0.1, 0.15) is 10.6 Å². The first-order chi connectivity index (χ1) is 14.6. The van der Waals surface area contributed by atoms with Crippen LogP contribution in [0.3, 0.4) is 0 Å². The molecule has 0 saturated carbocycles. The van der Waals surface area contributed by atoms with E-state index in [4.69, 9.17) is 26.4 Å². The lowest BCUT2D eigenvalue weighted by Crippen LogP contribution is -2.26. The van der Waals surface area contributed by atoms with Crippen LogP contribution in [0.15, 0.2) is 18.2 Å². The number of anilines is 2. The van der Waals surface area contributed by atoms with Gasteiger partial charge in [0, 0.05) is 16.6 Å². The monoisotopic (exact) mass is 462 g/mol. The lowest BCUT2D eigenvalue weighted by atomic mass is 9.86. The predicted octanol–water partition coefficient (Wildman–Crippen LogP) is 5.97. The minimum absolute atomic E-state index is 0.310. The van der Waals surface area contributed by atoms with E-state index in [1.54, 1.807) is 31.6 Å². The molecule has 0 spiro atoms. The molecule has 2 aromatic rings. The number of benzene rings is 1. The Labute approximate surface area is 193 Å². The second kappa shape index (κ2) is 9.44. The van der Waals surface area contributed by atoms with E-state index in [-0.39, 0.29) is 5.97 Å². The van der Waals surface area contributed by atoms with Gasteiger partial charge in [0.05, 0.1) is 19.8 Å². The summed E-state index contributed by atoms with van der Waals surface area (Å²) in [6.45, 7) is 7.80. The van der Waals surface area contributed by atoms with Gasteiger partial charge in [0.25, 0.3) is 0 Å². The highest BCUT2D eigenvalue weighted by Gasteiger charge is 2.32. The molecule has 1 heterocycles. The summed E-state index contributed by atoms with van der Waals surface area (Å²) in [5.41, 5.74) is 1.89. The van der Waals surface area contributed by atoms with Gasteiger partial charge in [0.2, 0.25) is 0 Å². The molecule has 6 nitrogen and oxygen atoms in total. The van der Waals surface area contributed by atoms with E-state index in [0.717, 1.165) is 35.5 Å². The average molecular weight is 463 g/mol. The first-order valence-electron chi connectivity index (χ1n) is 10.3. The highest BCUT2D eigenvalue weighted by Crippen LogP contribution is 2.44. The summed E-state index contributed by atoms with van der Waals surface area (Å²) in [5, 5.41) is 7.52. The first kappa shape index (κ1) is 23.3. The smallest absolute Gasteiger partial charge is 0.341 e. The van der Waals surface area contributed by atoms with Crippen molar-refractivity contribution >= 4 is 45.3 Å². The third-order valence-electron chi connectivity index (χ3n) is 5.03. The summed E-state index contributed by atoms with van der Waals surface area (Å²) in [4.78, 5) is 14.3. The Kier molecular flexibility index (Phi) is 7.11. The van der Waals surface area contributed by atoms with Crippen molar-refractivity contribution in [3.63, 3.8) is 0 Å². The van der Waals surface area contributed by atoms with Crippen molar-refractivity contribution in [2.45, 2.75) is 58.5 Å². The molecular weight excluding hydrogens is 432 g/mol. The molecular formula is C23H30N2O4S2. The molecule has 8 heteroatoms. The Hall–Kier alpha value is -2.32. The zero-order valence-electron chi connectivity index (χ0n) is 18.9. The fourth-order valence-electron chi connectivity index (χ4n) is 3.71. The lowest BCUT2D eigenvalue weighted by molar-refractivity contribution is 0.00693. The van der Waals surface area contributed by atoms with Gasteiger partial charge in [0.15, 0.2) is 16.6 Å². The molecule has 1 aliphatic rings. The maximum absolute atomic E-state index is 13.1. The van der Waals surface area contributed by atoms with Crippen LogP contribution < -0.4 is 20.1 Å². The normalized spacial score (nSPS) is 15.6. The van der Waals surface area contributed by atoms with Crippen LogP contribution in [0.25, 0.3) is 0 Å². The van der Waals surface area contributed by atoms with Gasteiger partial charge in [-0.3, -0.25) is 0 Å². The van der Waals surface area contributed by atoms with Gasteiger partial charge in [-0.15, -0.1) is 11.3 Å². The Morgan fingerprint density at radius 3 is 2.52 bits per heavy atom. The Bertz CT molecular complexity index is 979. The number of carbonyl (C=O) groups excluding carboxylic acids is 1. The second-order valence-corrected chi connectivity index (χ2v) is 10.1. The van der Waals surface area contributed by atoms with E-state index >= 15 is 0 Å². The van der Waals surface area contributed by atoms with Crippen LogP contribution in [0, 0.1) is 0 Å². The maximum Gasteiger partial charge on any atom is 0.341 e. The molecule has 0 fully saturated rings. The molecule has 1 aromatic carbocycles. The number of carbonyl (C=O) groups is 1. The number of thiophene rings is 1. The van der Waals surface area contributed by atoms with Crippen LogP contribution in [0.2, 0.25) is 0 Å². The predicted molar refractivity (Wildman–Crippen MR) is 130 cm³/mol. The Morgan fingerprint density at radius 2 is 1.87 bits per heavy atom. The van der Waals surface area contributed by atoms with Crippen LogP contribution in [0.5, 0.6) is 11.5 Å². The maximum atomic E-state index is 13.1. The second-order valence-electron chi connectivity index (χ2n) is 8.59. The number of methoxy groups -OCH3 is 2. The molecule has 0 saturated heterocycles. The van der Waals surface area contributed by atoms with Crippen molar-refractivity contribution in [3.8, 4) is 11.5 Å². The molecule has 31 heavy (non-hydrogen) atoms. The summed E-state index contributed by atoms with van der Waals surface area (Å²) >= 11 is 7.13. The number of esters is 1. The zero-order valence-corrected chi connectivity index (χ0v) is 20.5. The quantitative estimate of drug-likeness (QED) is 0.419. The van der Waals surface area contributed by atoms with Crippen molar-refractivity contribution < 1.29 is 19.0 Å². The van der Waals surface area contributed by atoms with E-state index in [0.29, 0.717) is 28.1 Å². The molecule has 0 radical (unpaired) electrons. The van der Waals surface area contributed by atoms with Crippen molar-refractivity contribution in [1.82, 2.24) is 0 Å². The average Bonchev–Trinajstić information content (AvgIpc) is 3.05. The van der Waals surface area contributed by atoms with Gasteiger partial charge in [-0.1, -0.05) is 6.92 Å². The van der Waals surface area contributed by atoms with E-state index in [1.165, 1.54) is 4.88 Å². The van der Waals surface area contributed by atoms with Crippen LogP contribution in [0.4, 0.5) is 10.7 Å². The number of hydrogen-bond acceptors (Lipinski definition) is 6. The molecule has 1 aliphatic carbocycles. The highest BCUT2D eigenvalue weighted by molar-refractivity contribution is 7.80. The number of fused-ring (bicyclic) bond motifs is 1. The molecule has 0 aliphatic heterocycles. The van der Waals surface area contributed by atoms with E-state index < -0.39 is 5.60 Å². The van der Waals surface area contributed by atoms with Gasteiger partial charge in [-0.25, -0.2) is 4.79 Å². The fraction of sp³-hybridized carbons (Fsp3) is 0.478. The van der Waals surface area contributed by atoms with Crippen molar-refractivity contribution in [1.29, 1.82) is 0 Å². The van der Waals surface area contributed by atoms with Gasteiger partial charge < -0.3 is 24.8 Å². The summed E-state index contributed by atoms with van der Waals surface area (Å²) in [7, 11) is 3.18. The number of rotatable bonds is 5.